The molecule has 1 N–H and O–H groups in total. The number of nitrogens with one attached hydrogen (secondary N) is 1. The summed E-state index contributed by atoms with van der Waals surface area (Å²) in [5, 5.41) is 11.2. The van der Waals surface area contributed by atoms with Gasteiger partial charge in [0.2, 0.25) is 0 Å². The van der Waals surface area contributed by atoms with Gasteiger partial charge in [0.05, 0.1) is 35.5 Å². The molecular weight excluding hydrogens is 392 g/mol. The highest BCUT2D eigenvalue weighted by Gasteiger charge is 2.22. The molecule has 0 aliphatic carbocycles. The fourth-order valence-corrected chi connectivity index (χ4v) is 2.99. The molecule has 1 atom stereocenters. The summed E-state index contributed by atoms with van der Waals surface area (Å²) in [7, 11) is 0. The maximum absolute atomic E-state index is 12.7. The average molecular weight is 413 g/mol. The first-order valence-electron chi connectivity index (χ1n) is 9.16. The van der Waals surface area contributed by atoms with E-state index >= 15 is 0 Å². The smallest absolute Gasteiger partial charge is 0.308 e. The molecular formula is C21H21ClN4O3. The molecule has 0 spiro atoms. The van der Waals surface area contributed by atoms with Gasteiger partial charge in [-0.15, -0.1) is 5.10 Å². The van der Waals surface area contributed by atoms with Crippen LogP contribution in [0.2, 0.25) is 5.02 Å². The van der Waals surface area contributed by atoms with E-state index in [9.17, 15) is 9.59 Å². The first-order chi connectivity index (χ1) is 13.9. The van der Waals surface area contributed by atoms with Crippen molar-refractivity contribution in [3.05, 3.63) is 77.1 Å². The van der Waals surface area contributed by atoms with Crippen LogP contribution in [0, 0.1) is 0 Å². The van der Waals surface area contributed by atoms with Gasteiger partial charge in [-0.25, -0.2) is 4.68 Å². The Hall–Kier alpha value is -3.19. The van der Waals surface area contributed by atoms with E-state index in [1.165, 1.54) is 10.9 Å². The average Bonchev–Trinajstić information content (AvgIpc) is 3.18. The van der Waals surface area contributed by atoms with E-state index < -0.39 is 17.9 Å². The van der Waals surface area contributed by atoms with Crippen LogP contribution in [0.4, 0.5) is 0 Å². The Morgan fingerprint density at radius 1 is 1.10 bits per heavy atom. The highest BCUT2D eigenvalue weighted by atomic mass is 35.5. The molecule has 3 aromatic rings. The number of hydrogen-bond acceptors (Lipinski definition) is 5. The van der Waals surface area contributed by atoms with E-state index in [-0.39, 0.29) is 18.2 Å². The largest absolute Gasteiger partial charge is 0.463 e. The number of hydrogen-bond donors (Lipinski definition) is 1. The molecule has 0 saturated carbocycles. The van der Waals surface area contributed by atoms with Crippen molar-refractivity contribution in [2.75, 3.05) is 0 Å². The highest BCUT2D eigenvalue weighted by Crippen LogP contribution is 2.20. The van der Waals surface area contributed by atoms with Gasteiger partial charge in [-0.1, -0.05) is 59.3 Å². The number of ether oxygens (including phenoxy) is 1. The number of halogens is 1. The van der Waals surface area contributed by atoms with Gasteiger partial charge in [0.15, 0.2) is 5.69 Å². The molecule has 0 fully saturated rings. The second-order valence-corrected chi connectivity index (χ2v) is 7.09. The van der Waals surface area contributed by atoms with E-state index in [2.05, 4.69) is 15.6 Å². The molecule has 2 aromatic carbocycles. The first kappa shape index (κ1) is 20.5. The number of carbonyl (C=O) groups is 2. The summed E-state index contributed by atoms with van der Waals surface area (Å²) < 4.78 is 6.66. The van der Waals surface area contributed by atoms with Crippen molar-refractivity contribution in [2.45, 2.75) is 32.4 Å². The minimum atomic E-state index is -0.555. The van der Waals surface area contributed by atoms with Gasteiger partial charge in [0, 0.05) is 0 Å². The topological polar surface area (TPSA) is 86.1 Å². The minimum Gasteiger partial charge on any atom is -0.463 e. The standard InChI is InChI=1S/C21H21ClN4O3/c1-14(2)29-20(27)12-17(15-8-4-3-5-9-15)23-21(28)18-13-26(25-24-18)19-11-7-6-10-16(19)22/h3-11,13-14,17H,12H2,1-2H3,(H,23,28). The third-order valence-electron chi connectivity index (χ3n) is 4.07. The summed E-state index contributed by atoms with van der Waals surface area (Å²) in [4.78, 5) is 24.9. The maximum atomic E-state index is 12.7. The Labute approximate surface area is 173 Å². The van der Waals surface area contributed by atoms with Gasteiger partial charge in [0.1, 0.15) is 0 Å². The molecule has 0 saturated heterocycles. The molecule has 1 aromatic heterocycles. The lowest BCUT2D eigenvalue weighted by Gasteiger charge is -2.18. The van der Waals surface area contributed by atoms with Gasteiger partial charge >= 0.3 is 5.97 Å². The zero-order valence-electron chi connectivity index (χ0n) is 16.1. The van der Waals surface area contributed by atoms with Crippen molar-refractivity contribution in [2.24, 2.45) is 0 Å². The Morgan fingerprint density at radius 2 is 1.79 bits per heavy atom. The normalized spacial score (nSPS) is 11.9. The van der Waals surface area contributed by atoms with Crippen molar-refractivity contribution in [3.63, 3.8) is 0 Å². The molecule has 7 nitrogen and oxygen atoms in total. The van der Waals surface area contributed by atoms with E-state index in [1.807, 2.05) is 36.4 Å². The number of benzene rings is 2. The Morgan fingerprint density at radius 3 is 2.48 bits per heavy atom. The number of aromatic nitrogens is 3. The maximum Gasteiger partial charge on any atom is 0.308 e. The van der Waals surface area contributed by atoms with E-state index in [4.69, 9.17) is 16.3 Å². The van der Waals surface area contributed by atoms with Crippen molar-refractivity contribution < 1.29 is 14.3 Å². The molecule has 29 heavy (non-hydrogen) atoms. The van der Waals surface area contributed by atoms with Gasteiger partial charge < -0.3 is 10.1 Å². The van der Waals surface area contributed by atoms with Crippen LogP contribution < -0.4 is 5.32 Å². The third kappa shape index (κ3) is 5.42. The number of carbonyl (C=O) groups excluding carboxylic acids is 2. The van der Waals surface area contributed by atoms with Crippen molar-refractivity contribution in [3.8, 4) is 5.69 Å². The number of nitrogens with zero attached hydrogens (tertiary/aromatic N) is 3. The van der Waals surface area contributed by atoms with Gasteiger partial charge in [-0.3, -0.25) is 9.59 Å². The Kier molecular flexibility index (Phi) is 6.61. The van der Waals surface area contributed by atoms with Crippen LogP contribution in [0.5, 0.6) is 0 Å². The first-order valence-corrected chi connectivity index (χ1v) is 9.54. The molecule has 1 amide bonds. The van der Waals surface area contributed by atoms with Crippen LogP contribution in [0.25, 0.3) is 5.69 Å². The summed E-state index contributed by atoms with van der Waals surface area (Å²) in [6.07, 6.45) is 1.27. The van der Waals surface area contributed by atoms with Crippen LogP contribution in [0.1, 0.15) is 42.4 Å². The van der Waals surface area contributed by atoms with E-state index in [0.29, 0.717) is 10.7 Å². The molecule has 0 bridgehead atoms. The lowest BCUT2D eigenvalue weighted by molar-refractivity contribution is -0.147. The highest BCUT2D eigenvalue weighted by molar-refractivity contribution is 6.32. The molecule has 1 heterocycles. The predicted molar refractivity (Wildman–Crippen MR) is 109 cm³/mol. The SMILES string of the molecule is CC(C)OC(=O)CC(NC(=O)c1cn(-c2ccccc2Cl)nn1)c1ccccc1. The molecule has 0 radical (unpaired) electrons. The molecule has 1 unspecified atom stereocenters. The Bertz CT molecular complexity index is 988. The zero-order chi connectivity index (χ0) is 20.8. The second kappa shape index (κ2) is 9.34. The molecule has 3 rings (SSSR count). The van der Waals surface area contributed by atoms with Crippen LogP contribution >= 0.6 is 11.6 Å². The summed E-state index contributed by atoms with van der Waals surface area (Å²) in [6.45, 7) is 3.56. The number of amides is 1. The minimum absolute atomic E-state index is 0.00653. The molecule has 0 aliphatic heterocycles. The van der Waals surface area contributed by atoms with Crippen molar-refractivity contribution >= 4 is 23.5 Å². The summed E-state index contributed by atoms with van der Waals surface area (Å²) in [5.41, 5.74) is 1.52. The molecule has 150 valence electrons. The van der Waals surface area contributed by atoms with Gasteiger partial charge in [-0.2, -0.15) is 0 Å². The molecule has 0 aliphatic rings. The third-order valence-corrected chi connectivity index (χ3v) is 4.39. The van der Waals surface area contributed by atoms with Gasteiger partial charge in [-0.05, 0) is 31.5 Å². The predicted octanol–water partition coefficient (Wildman–Crippen LogP) is 3.73. The van der Waals surface area contributed by atoms with Crippen LogP contribution in [0.15, 0.2) is 60.8 Å². The van der Waals surface area contributed by atoms with Gasteiger partial charge in [0.25, 0.3) is 5.91 Å². The number of para-hydroxylation sites is 1. The Balaban J connectivity index is 1.78. The summed E-state index contributed by atoms with van der Waals surface area (Å²) >= 11 is 6.17. The second-order valence-electron chi connectivity index (χ2n) is 6.68. The fourth-order valence-electron chi connectivity index (χ4n) is 2.77. The fraction of sp³-hybridized carbons (Fsp3) is 0.238. The summed E-state index contributed by atoms with van der Waals surface area (Å²) in [5.74, 6) is -0.844. The van der Waals surface area contributed by atoms with Crippen LogP contribution in [-0.2, 0) is 9.53 Å². The lowest BCUT2D eigenvalue weighted by atomic mass is 10.0. The van der Waals surface area contributed by atoms with E-state index in [0.717, 1.165) is 5.56 Å². The van der Waals surface area contributed by atoms with E-state index in [1.54, 1.807) is 32.0 Å². The number of rotatable bonds is 7. The molecule has 8 heteroatoms. The quantitative estimate of drug-likeness (QED) is 0.597. The monoisotopic (exact) mass is 412 g/mol. The van der Waals surface area contributed by atoms with Crippen molar-refractivity contribution in [1.82, 2.24) is 20.3 Å². The number of esters is 1. The van der Waals surface area contributed by atoms with Crippen LogP contribution in [-0.4, -0.2) is 33.0 Å². The van der Waals surface area contributed by atoms with Crippen LogP contribution in [0.3, 0.4) is 0 Å². The lowest BCUT2D eigenvalue weighted by Crippen LogP contribution is -2.31. The summed E-state index contributed by atoms with van der Waals surface area (Å²) in [6, 6.07) is 15.8. The zero-order valence-corrected chi connectivity index (χ0v) is 16.8. The van der Waals surface area contributed by atoms with Crippen molar-refractivity contribution in [1.29, 1.82) is 0 Å².